The summed E-state index contributed by atoms with van der Waals surface area (Å²) in [6.07, 6.45) is 0. The molecule has 0 spiro atoms. The normalized spacial score (nSPS) is 16.5. The highest BCUT2D eigenvalue weighted by molar-refractivity contribution is 7.99. The monoisotopic (exact) mass is 288 g/mol. The van der Waals surface area contributed by atoms with E-state index in [0.717, 1.165) is 42.5 Å². The number of thioether (sulfide) groups is 1. The molecule has 106 valence electrons. The fraction of sp³-hybridized carbons (Fsp3) is 0.438. The van der Waals surface area contributed by atoms with Crippen molar-refractivity contribution in [1.29, 1.82) is 0 Å². The molecule has 0 atom stereocenters. The predicted octanol–water partition coefficient (Wildman–Crippen LogP) is 3.51. The summed E-state index contributed by atoms with van der Waals surface area (Å²) in [5.41, 5.74) is 3.38. The van der Waals surface area contributed by atoms with Gasteiger partial charge in [-0.3, -0.25) is 4.90 Å². The van der Waals surface area contributed by atoms with Crippen molar-refractivity contribution < 1.29 is 4.42 Å². The second-order valence-corrected chi connectivity index (χ2v) is 6.50. The summed E-state index contributed by atoms with van der Waals surface area (Å²) in [4.78, 5) is 7.15. The maximum atomic E-state index is 5.84. The lowest BCUT2D eigenvalue weighted by atomic mass is 10.1. The molecule has 1 aliphatic heterocycles. The lowest BCUT2D eigenvalue weighted by molar-refractivity contribution is 0.289. The van der Waals surface area contributed by atoms with Gasteiger partial charge < -0.3 is 4.42 Å². The SMILES string of the molecule is Cc1ccc(-c2nc(CN3CCSCC3)c(C)o2)cc1. The van der Waals surface area contributed by atoms with Crippen LogP contribution in [0.4, 0.5) is 0 Å². The van der Waals surface area contributed by atoms with Gasteiger partial charge in [0.2, 0.25) is 5.89 Å². The van der Waals surface area contributed by atoms with E-state index in [1.165, 1.54) is 17.1 Å². The van der Waals surface area contributed by atoms with Crippen LogP contribution in [0.2, 0.25) is 0 Å². The van der Waals surface area contributed by atoms with E-state index in [0.29, 0.717) is 0 Å². The molecular weight excluding hydrogens is 268 g/mol. The highest BCUT2D eigenvalue weighted by Gasteiger charge is 2.16. The zero-order valence-corrected chi connectivity index (χ0v) is 12.9. The molecule has 0 amide bonds. The van der Waals surface area contributed by atoms with Gasteiger partial charge in [-0.1, -0.05) is 17.7 Å². The minimum Gasteiger partial charge on any atom is -0.441 e. The van der Waals surface area contributed by atoms with Gasteiger partial charge >= 0.3 is 0 Å². The predicted molar refractivity (Wildman–Crippen MR) is 84.0 cm³/mol. The van der Waals surface area contributed by atoms with Crippen LogP contribution in [0.3, 0.4) is 0 Å². The molecule has 0 aliphatic carbocycles. The molecule has 1 aliphatic rings. The van der Waals surface area contributed by atoms with E-state index in [4.69, 9.17) is 4.42 Å². The Labute approximate surface area is 124 Å². The minimum absolute atomic E-state index is 0.740. The number of benzene rings is 1. The fourth-order valence-electron chi connectivity index (χ4n) is 2.37. The third-order valence-corrected chi connectivity index (χ3v) is 4.61. The Kier molecular flexibility index (Phi) is 4.13. The van der Waals surface area contributed by atoms with Gasteiger partial charge in [0.1, 0.15) is 5.76 Å². The third kappa shape index (κ3) is 3.07. The van der Waals surface area contributed by atoms with Crippen LogP contribution in [-0.4, -0.2) is 34.5 Å². The van der Waals surface area contributed by atoms with Crippen molar-refractivity contribution in [2.24, 2.45) is 0 Å². The van der Waals surface area contributed by atoms with E-state index >= 15 is 0 Å². The Morgan fingerprint density at radius 3 is 2.55 bits per heavy atom. The van der Waals surface area contributed by atoms with E-state index in [9.17, 15) is 0 Å². The molecule has 2 heterocycles. The summed E-state index contributed by atoms with van der Waals surface area (Å²) in [6, 6.07) is 8.33. The zero-order chi connectivity index (χ0) is 13.9. The Morgan fingerprint density at radius 2 is 1.85 bits per heavy atom. The summed E-state index contributed by atoms with van der Waals surface area (Å²) in [6.45, 7) is 7.30. The first-order chi connectivity index (χ1) is 9.72. The van der Waals surface area contributed by atoms with Crippen molar-refractivity contribution in [2.75, 3.05) is 24.6 Å². The lowest BCUT2D eigenvalue weighted by Gasteiger charge is -2.25. The quantitative estimate of drug-likeness (QED) is 0.864. The second kappa shape index (κ2) is 6.02. The lowest BCUT2D eigenvalue weighted by Crippen LogP contribution is -2.32. The Morgan fingerprint density at radius 1 is 1.15 bits per heavy atom. The summed E-state index contributed by atoms with van der Waals surface area (Å²) in [5, 5.41) is 0. The highest BCUT2D eigenvalue weighted by atomic mass is 32.2. The summed E-state index contributed by atoms with van der Waals surface area (Å²) in [7, 11) is 0. The van der Waals surface area contributed by atoms with Crippen LogP contribution in [0.5, 0.6) is 0 Å². The first-order valence-corrected chi connectivity index (χ1v) is 8.21. The van der Waals surface area contributed by atoms with Gasteiger partial charge in [-0.2, -0.15) is 11.8 Å². The Bertz CT molecular complexity index is 571. The molecule has 0 unspecified atom stereocenters. The van der Waals surface area contributed by atoms with Crippen molar-refractivity contribution in [3.63, 3.8) is 0 Å². The van der Waals surface area contributed by atoms with Gasteiger partial charge in [0.05, 0.1) is 5.69 Å². The number of nitrogens with zero attached hydrogens (tertiary/aromatic N) is 2. The zero-order valence-electron chi connectivity index (χ0n) is 12.1. The first kappa shape index (κ1) is 13.7. The molecule has 4 heteroatoms. The molecule has 3 nitrogen and oxygen atoms in total. The van der Waals surface area contributed by atoms with Crippen molar-refractivity contribution in [3.8, 4) is 11.5 Å². The van der Waals surface area contributed by atoms with Gasteiger partial charge in [-0.25, -0.2) is 4.98 Å². The van der Waals surface area contributed by atoms with Crippen LogP contribution in [0.15, 0.2) is 28.7 Å². The number of oxazole rings is 1. The molecule has 2 aromatic rings. The molecule has 1 aromatic heterocycles. The summed E-state index contributed by atoms with van der Waals surface area (Å²) < 4.78 is 5.84. The molecule has 0 saturated carbocycles. The maximum absolute atomic E-state index is 5.84. The summed E-state index contributed by atoms with van der Waals surface area (Å²) >= 11 is 2.03. The molecule has 0 radical (unpaired) electrons. The molecule has 0 bridgehead atoms. The summed E-state index contributed by atoms with van der Waals surface area (Å²) in [5.74, 6) is 4.13. The van der Waals surface area contributed by atoms with Crippen LogP contribution in [0, 0.1) is 13.8 Å². The van der Waals surface area contributed by atoms with Gasteiger partial charge in [0, 0.05) is 36.7 Å². The van der Waals surface area contributed by atoms with Crippen molar-refractivity contribution in [3.05, 3.63) is 41.3 Å². The van der Waals surface area contributed by atoms with E-state index < -0.39 is 0 Å². The minimum atomic E-state index is 0.740. The topological polar surface area (TPSA) is 29.3 Å². The van der Waals surface area contributed by atoms with Crippen LogP contribution in [-0.2, 0) is 6.54 Å². The average molecular weight is 288 g/mol. The van der Waals surface area contributed by atoms with Crippen molar-refractivity contribution in [2.45, 2.75) is 20.4 Å². The van der Waals surface area contributed by atoms with Crippen molar-refractivity contribution >= 4 is 11.8 Å². The van der Waals surface area contributed by atoms with E-state index in [2.05, 4.69) is 41.1 Å². The van der Waals surface area contributed by atoms with Gasteiger partial charge in [0.25, 0.3) is 0 Å². The van der Waals surface area contributed by atoms with E-state index in [1.807, 2.05) is 18.7 Å². The number of rotatable bonds is 3. The molecule has 20 heavy (non-hydrogen) atoms. The van der Waals surface area contributed by atoms with Crippen LogP contribution in [0.1, 0.15) is 17.0 Å². The Hall–Kier alpha value is -1.26. The van der Waals surface area contributed by atoms with E-state index in [1.54, 1.807) is 0 Å². The molecule has 1 aromatic carbocycles. The van der Waals surface area contributed by atoms with Crippen LogP contribution < -0.4 is 0 Å². The molecule has 1 saturated heterocycles. The number of hydrogen-bond donors (Lipinski definition) is 0. The largest absolute Gasteiger partial charge is 0.441 e. The number of aryl methyl sites for hydroxylation is 2. The third-order valence-electron chi connectivity index (χ3n) is 3.67. The number of aromatic nitrogens is 1. The maximum Gasteiger partial charge on any atom is 0.226 e. The fourth-order valence-corrected chi connectivity index (χ4v) is 3.34. The molecular formula is C16H20N2OS. The second-order valence-electron chi connectivity index (χ2n) is 5.28. The van der Waals surface area contributed by atoms with Crippen LogP contribution in [0.25, 0.3) is 11.5 Å². The molecule has 3 rings (SSSR count). The number of hydrogen-bond acceptors (Lipinski definition) is 4. The van der Waals surface area contributed by atoms with Crippen LogP contribution >= 0.6 is 11.8 Å². The van der Waals surface area contributed by atoms with Crippen molar-refractivity contribution in [1.82, 2.24) is 9.88 Å². The average Bonchev–Trinajstić information content (AvgIpc) is 2.82. The van der Waals surface area contributed by atoms with Gasteiger partial charge in [0.15, 0.2) is 0 Å². The van der Waals surface area contributed by atoms with Gasteiger partial charge in [-0.15, -0.1) is 0 Å². The first-order valence-electron chi connectivity index (χ1n) is 7.06. The molecule has 0 N–H and O–H groups in total. The highest BCUT2D eigenvalue weighted by Crippen LogP contribution is 2.23. The smallest absolute Gasteiger partial charge is 0.226 e. The Balaban J connectivity index is 1.78. The standard InChI is InChI=1S/C16H20N2OS/c1-12-3-5-14(6-4-12)16-17-15(13(2)19-16)11-18-7-9-20-10-8-18/h3-6H,7-11H2,1-2H3. The van der Waals surface area contributed by atoms with Gasteiger partial charge in [-0.05, 0) is 26.0 Å². The van der Waals surface area contributed by atoms with E-state index in [-0.39, 0.29) is 0 Å². The molecule has 1 fully saturated rings.